The molecule has 0 aliphatic carbocycles. The summed E-state index contributed by atoms with van der Waals surface area (Å²) in [5.74, 6) is 1.67. The lowest BCUT2D eigenvalue weighted by Gasteiger charge is -1.81. The molecule has 0 fully saturated rings. The zero-order valence-corrected chi connectivity index (χ0v) is 12.0. The lowest BCUT2D eigenvalue weighted by Crippen LogP contribution is -1.66. The molecular formula is C16H26O. The van der Waals surface area contributed by atoms with Crippen LogP contribution in [-0.4, -0.2) is 0 Å². The molecule has 2 rings (SSSR count). The second-order valence-electron chi connectivity index (χ2n) is 5.42. The Morgan fingerprint density at radius 1 is 0.765 bits per heavy atom. The second-order valence-corrected chi connectivity index (χ2v) is 5.42. The fourth-order valence-corrected chi connectivity index (χ4v) is 0.906. The summed E-state index contributed by atoms with van der Waals surface area (Å²) in [6.45, 7) is 13.0. The summed E-state index contributed by atoms with van der Waals surface area (Å²) in [5, 5.41) is 1.16. The third-order valence-electron chi connectivity index (χ3n) is 1.36. The van der Waals surface area contributed by atoms with Gasteiger partial charge in [0.05, 0.1) is 6.26 Å². The maximum Gasteiger partial charge on any atom is 0.133 e. The fraction of sp³-hybridized carbons (Fsp3) is 0.500. The van der Waals surface area contributed by atoms with Gasteiger partial charge in [-0.1, -0.05) is 59.7 Å². The van der Waals surface area contributed by atoms with Gasteiger partial charge in [0.2, 0.25) is 0 Å². The second kappa shape index (κ2) is 8.86. The summed E-state index contributed by atoms with van der Waals surface area (Å²) in [7, 11) is 0. The molecule has 2 aromatic rings. The van der Waals surface area contributed by atoms with Gasteiger partial charge < -0.3 is 4.42 Å². The summed E-state index contributed by atoms with van der Waals surface area (Å²) in [5.41, 5.74) is 0.956. The minimum Gasteiger partial charge on any atom is -0.464 e. The fourth-order valence-electron chi connectivity index (χ4n) is 0.906. The van der Waals surface area contributed by atoms with Gasteiger partial charge in [-0.3, -0.25) is 0 Å². The van der Waals surface area contributed by atoms with Crippen LogP contribution in [0.4, 0.5) is 0 Å². The van der Waals surface area contributed by atoms with Gasteiger partial charge in [-0.25, -0.2) is 0 Å². The van der Waals surface area contributed by atoms with Crippen LogP contribution in [0.15, 0.2) is 41.0 Å². The first-order valence-corrected chi connectivity index (χ1v) is 6.35. The molecular weight excluding hydrogens is 208 g/mol. The third kappa shape index (κ3) is 9.68. The number of furan rings is 1. The quantitative estimate of drug-likeness (QED) is 0.565. The van der Waals surface area contributed by atoms with Gasteiger partial charge in [0.25, 0.3) is 0 Å². The minimum atomic E-state index is 0.833. The van der Waals surface area contributed by atoms with Crippen molar-refractivity contribution in [2.45, 2.75) is 41.5 Å². The van der Waals surface area contributed by atoms with Crippen LogP contribution in [0.3, 0.4) is 0 Å². The van der Waals surface area contributed by atoms with Crippen molar-refractivity contribution in [1.82, 2.24) is 0 Å². The molecule has 0 N–H and O–H groups in total. The van der Waals surface area contributed by atoms with E-state index in [1.165, 1.54) is 0 Å². The smallest absolute Gasteiger partial charge is 0.133 e. The molecule has 0 amide bonds. The zero-order valence-electron chi connectivity index (χ0n) is 12.0. The van der Waals surface area contributed by atoms with Crippen molar-refractivity contribution in [3.63, 3.8) is 0 Å². The number of hydrogen-bond acceptors (Lipinski definition) is 1. The summed E-state index contributed by atoms with van der Waals surface area (Å²) in [6, 6.07) is 9.90. The van der Waals surface area contributed by atoms with E-state index in [2.05, 4.69) is 41.5 Å². The van der Waals surface area contributed by atoms with E-state index in [1.54, 1.807) is 6.26 Å². The molecule has 1 heterocycles. The monoisotopic (exact) mass is 234 g/mol. The Hall–Kier alpha value is -1.24. The van der Waals surface area contributed by atoms with Gasteiger partial charge in [-0.05, 0) is 24.0 Å². The molecule has 0 spiro atoms. The molecule has 96 valence electrons. The molecule has 0 aliphatic rings. The van der Waals surface area contributed by atoms with Crippen molar-refractivity contribution in [1.29, 1.82) is 0 Å². The predicted octanol–water partition coefficient (Wildman–Crippen LogP) is 5.76. The summed E-state index contributed by atoms with van der Waals surface area (Å²) < 4.78 is 5.12. The topological polar surface area (TPSA) is 13.1 Å². The maximum atomic E-state index is 5.12. The highest BCUT2D eigenvalue weighted by molar-refractivity contribution is 5.76. The Morgan fingerprint density at radius 2 is 1.24 bits per heavy atom. The van der Waals surface area contributed by atoms with E-state index in [0.717, 1.165) is 22.8 Å². The molecule has 1 aromatic carbocycles. The Labute approximate surface area is 106 Å². The number of para-hydroxylation sites is 1. The largest absolute Gasteiger partial charge is 0.464 e. The molecule has 0 atom stereocenters. The Balaban J connectivity index is 0.000000274. The van der Waals surface area contributed by atoms with Gasteiger partial charge in [0.1, 0.15) is 5.58 Å². The van der Waals surface area contributed by atoms with Crippen LogP contribution in [-0.2, 0) is 0 Å². The number of fused-ring (bicyclic) bond motifs is 1. The third-order valence-corrected chi connectivity index (χ3v) is 1.36. The van der Waals surface area contributed by atoms with E-state index in [0.29, 0.717) is 0 Å². The standard InChI is InChI=1S/C8H6O.2C4H10/c1-2-4-8-7(3-1)5-6-9-8;2*1-4(2)3/h1-6H;2*4H,1-3H3. The molecule has 1 heteroatoms. The molecule has 0 radical (unpaired) electrons. The van der Waals surface area contributed by atoms with E-state index in [9.17, 15) is 0 Å². The van der Waals surface area contributed by atoms with Crippen LogP contribution in [0.5, 0.6) is 0 Å². The minimum absolute atomic E-state index is 0.833. The van der Waals surface area contributed by atoms with Gasteiger partial charge in [0, 0.05) is 5.39 Å². The molecule has 0 aliphatic heterocycles. The first-order chi connectivity index (χ1) is 7.93. The molecule has 1 nitrogen and oxygen atoms in total. The summed E-state index contributed by atoms with van der Waals surface area (Å²) in [6.07, 6.45) is 1.70. The van der Waals surface area contributed by atoms with E-state index < -0.39 is 0 Å². The van der Waals surface area contributed by atoms with Crippen LogP contribution in [0.25, 0.3) is 11.0 Å². The van der Waals surface area contributed by atoms with Gasteiger partial charge in [0.15, 0.2) is 0 Å². The van der Waals surface area contributed by atoms with Gasteiger partial charge in [-0.15, -0.1) is 0 Å². The molecule has 0 bridgehead atoms. The molecule has 0 saturated carbocycles. The summed E-state index contributed by atoms with van der Waals surface area (Å²) in [4.78, 5) is 0. The highest BCUT2D eigenvalue weighted by Crippen LogP contribution is 2.12. The first kappa shape index (κ1) is 15.8. The Bertz CT molecular complexity index is 343. The highest BCUT2D eigenvalue weighted by atomic mass is 16.3. The molecule has 1 aromatic heterocycles. The number of benzene rings is 1. The maximum absolute atomic E-state index is 5.12. The lowest BCUT2D eigenvalue weighted by molar-refractivity contribution is 0.616. The van der Waals surface area contributed by atoms with Crippen LogP contribution < -0.4 is 0 Å². The SMILES string of the molecule is CC(C)C.CC(C)C.c1ccc2occc2c1. The van der Waals surface area contributed by atoms with Gasteiger partial charge in [-0.2, -0.15) is 0 Å². The van der Waals surface area contributed by atoms with E-state index in [-0.39, 0.29) is 0 Å². The van der Waals surface area contributed by atoms with Crippen molar-refractivity contribution >= 4 is 11.0 Å². The van der Waals surface area contributed by atoms with Crippen molar-refractivity contribution in [2.24, 2.45) is 11.8 Å². The molecule has 0 saturated heterocycles. The van der Waals surface area contributed by atoms with Crippen molar-refractivity contribution in [2.75, 3.05) is 0 Å². The molecule has 17 heavy (non-hydrogen) atoms. The average Bonchev–Trinajstić information content (AvgIpc) is 2.62. The first-order valence-electron chi connectivity index (χ1n) is 6.35. The molecule has 0 unspecified atom stereocenters. The van der Waals surface area contributed by atoms with Crippen molar-refractivity contribution in [3.05, 3.63) is 36.6 Å². The van der Waals surface area contributed by atoms with Crippen LogP contribution >= 0.6 is 0 Å². The highest BCUT2D eigenvalue weighted by Gasteiger charge is 1.89. The Kier molecular flexibility index (Phi) is 8.21. The van der Waals surface area contributed by atoms with Gasteiger partial charge >= 0.3 is 0 Å². The summed E-state index contributed by atoms with van der Waals surface area (Å²) >= 11 is 0. The normalized spacial score (nSPS) is 9.65. The number of rotatable bonds is 0. The Morgan fingerprint density at radius 3 is 1.71 bits per heavy atom. The lowest BCUT2D eigenvalue weighted by atomic mass is 10.3. The average molecular weight is 234 g/mol. The van der Waals surface area contributed by atoms with Crippen molar-refractivity contribution in [3.8, 4) is 0 Å². The van der Waals surface area contributed by atoms with E-state index in [1.807, 2.05) is 30.3 Å². The van der Waals surface area contributed by atoms with E-state index in [4.69, 9.17) is 4.42 Å². The number of hydrogen-bond donors (Lipinski definition) is 0. The zero-order chi connectivity index (χ0) is 13.3. The van der Waals surface area contributed by atoms with Crippen LogP contribution in [0.2, 0.25) is 0 Å². The predicted molar refractivity (Wildman–Crippen MR) is 77.2 cm³/mol. The van der Waals surface area contributed by atoms with Crippen LogP contribution in [0.1, 0.15) is 41.5 Å². The van der Waals surface area contributed by atoms with Crippen molar-refractivity contribution < 1.29 is 4.42 Å². The van der Waals surface area contributed by atoms with Crippen LogP contribution in [0, 0.1) is 11.8 Å². The van der Waals surface area contributed by atoms with E-state index >= 15 is 0 Å².